The number of rotatable bonds is 6. The van der Waals surface area contributed by atoms with Gasteiger partial charge in [-0.3, -0.25) is 4.99 Å². The molecule has 2 rings (SSSR count). The molecule has 0 radical (unpaired) electrons. The van der Waals surface area contributed by atoms with Crippen LogP contribution in [0.1, 0.15) is 42.9 Å². The molecule has 0 amide bonds. The molecule has 27 heavy (non-hydrogen) atoms. The molecule has 148 valence electrons. The van der Waals surface area contributed by atoms with Gasteiger partial charge in [0.25, 0.3) is 0 Å². The van der Waals surface area contributed by atoms with E-state index in [1.165, 1.54) is 0 Å². The molecule has 0 aromatic heterocycles. The van der Waals surface area contributed by atoms with Crippen molar-refractivity contribution in [2.24, 2.45) is 16.8 Å². The molecule has 0 saturated heterocycles. The molecule has 1 aliphatic carbocycles. The van der Waals surface area contributed by atoms with E-state index in [0.29, 0.717) is 18.4 Å². The first-order valence-electron chi connectivity index (χ1n) is 9.41. The van der Waals surface area contributed by atoms with Crippen molar-refractivity contribution in [2.75, 3.05) is 14.1 Å². The number of benzene rings is 1. The van der Waals surface area contributed by atoms with E-state index >= 15 is 0 Å². The smallest absolute Gasteiger partial charge is 0.248 e. The lowest BCUT2D eigenvalue weighted by Gasteiger charge is -2.37. The van der Waals surface area contributed by atoms with Crippen LogP contribution < -0.4 is 5.32 Å². The normalized spacial score (nSPS) is 23.3. The molecule has 5 heteroatoms. The minimum absolute atomic E-state index is 0.0648. The molecule has 1 aliphatic rings. The van der Waals surface area contributed by atoms with Gasteiger partial charge in [-0.05, 0) is 61.9 Å². The third-order valence-corrected chi connectivity index (χ3v) is 5.42. The number of allylic oxidation sites excluding steroid dienone is 3. The van der Waals surface area contributed by atoms with E-state index < -0.39 is 5.92 Å². The molecular weight excluding hydrogens is 349 g/mol. The highest BCUT2D eigenvalue weighted by Gasteiger charge is 2.42. The molecule has 0 heterocycles. The zero-order valence-electron chi connectivity index (χ0n) is 16.5. The Kier molecular flexibility index (Phi) is 7.28. The molecule has 2 atom stereocenters. The van der Waals surface area contributed by atoms with Crippen molar-refractivity contribution in [2.45, 2.75) is 45.5 Å². The number of halogens is 3. The van der Waals surface area contributed by atoms with Crippen LogP contribution in [-0.4, -0.2) is 26.2 Å². The number of hydrogen-bond donors (Lipinski definition) is 1. The third kappa shape index (κ3) is 5.47. The minimum Gasteiger partial charge on any atom is -0.391 e. The standard InChI is InChI=1S/C22H29F3N2/c1-5-21(27-4)19-14-22(24,25)9-8-16(19)12-18-13-20(23)17(11-15(18)2)7-6-10-26-3/h5-7,10-11,13,16,19,27H,8-9,12,14H2,1-4H3/b7-6+,21-5-,26-10?. The van der Waals surface area contributed by atoms with E-state index in [0.717, 1.165) is 16.8 Å². The molecule has 0 bridgehead atoms. The van der Waals surface area contributed by atoms with E-state index in [2.05, 4.69) is 10.3 Å². The predicted octanol–water partition coefficient (Wildman–Crippen LogP) is 5.57. The number of hydrogen-bond acceptors (Lipinski definition) is 2. The van der Waals surface area contributed by atoms with Gasteiger partial charge in [0.2, 0.25) is 5.92 Å². The van der Waals surface area contributed by atoms with Gasteiger partial charge >= 0.3 is 0 Å². The molecule has 1 N–H and O–H groups in total. The lowest BCUT2D eigenvalue weighted by atomic mass is 9.72. The molecule has 1 aromatic carbocycles. The van der Waals surface area contributed by atoms with Gasteiger partial charge in [0, 0.05) is 50.3 Å². The van der Waals surface area contributed by atoms with Crippen molar-refractivity contribution < 1.29 is 13.2 Å². The van der Waals surface area contributed by atoms with Crippen LogP contribution >= 0.6 is 0 Å². The number of nitrogens with zero attached hydrogens (tertiary/aromatic N) is 1. The Hall–Kier alpha value is -2.04. The summed E-state index contributed by atoms with van der Waals surface area (Å²) < 4.78 is 42.5. The quantitative estimate of drug-likeness (QED) is 0.644. The second-order valence-corrected chi connectivity index (χ2v) is 7.23. The number of aliphatic imine (C=N–C) groups is 1. The maximum atomic E-state index is 14.5. The lowest BCUT2D eigenvalue weighted by molar-refractivity contribution is -0.0633. The van der Waals surface area contributed by atoms with Crippen LogP contribution in [-0.2, 0) is 6.42 Å². The SMILES string of the molecule is C/C=C(\NC)C1CC(F)(F)CCC1Cc1cc(F)c(/C=C/C=NC)cc1C. The van der Waals surface area contributed by atoms with Crippen LogP contribution in [0.15, 0.2) is 35.0 Å². The minimum atomic E-state index is -2.64. The summed E-state index contributed by atoms with van der Waals surface area (Å²) in [6.07, 6.45) is 7.63. The molecule has 1 saturated carbocycles. The molecule has 1 fully saturated rings. The Bertz CT molecular complexity index is 735. The fourth-order valence-electron chi connectivity index (χ4n) is 3.95. The van der Waals surface area contributed by atoms with E-state index in [4.69, 9.17) is 0 Å². The summed E-state index contributed by atoms with van der Waals surface area (Å²) in [5.41, 5.74) is 3.22. The fraction of sp³-hybridized carbons (Fsp3) is 0.500. The van der Waals surface area contributed by atoms with Gasteiger partial charge in [0.15, 0.2) is 0 Å². The second kappa shape index (κ2) is 9.25. The molecular formula is C22H29F3N2. The highest BCUT2D eigenvalue weighted by Crippen LogP contribution is 2.44. The average Bonchev–Trinajstić information content (AvgIpc) is 2.62. The van der Waals surface area contributed by atoms with Crippen molar-refractivity contribution in [3.05, 3.63) is 52.5 Å². The van der Waals surface area contributed by atoms with E-state index in [1.807, 2.05) is 26.0 Å². The first kappa shape index (κ1) is 21.3. The maximum absolute atomic E-state index is 14.5. The number of alkyl halides is 2. The van der Waals surface area contributed by atoms with Crippen LogP contribution in [0, 0.1) is 24.6 Å². The predicted molar refractivity (Wildman–Crippen MR) is 107 cm³/mol. The van der Waals surface area contributed by atoms with Gasteiger partial charge in [-0.1, -0.05) is 12.2 Å². The Labute approximate surface area is 160 Å². The summed E-state index contributed by atoms with van der Waals surface area (Å²) in [6, 6.07) is 3.36. The number of nitrogens with one attached hydrogen (secondary N) is 1. The van der Waals surface area contributed by atoms with Crippen LogP contribution in [0.2, 0.25) is 0 Å². The summed E-state index contributed by atoms with van der Waals surface area (Å²) >= 11 is 0. The van der Waals surface area contributed by atoms with Gasteiger partial charge < -0.3 is 5.32 Å². The first-order chi connectivity index (χ1) is 12.8. The van der Waals surface area contributed by atoms with Gasteiger partial charge in [0.05, 0.1) is 0 Å². The van der Waals surface area contributed by atoms with Gasteiger partial charge in [-0.25, -0.2) is 13.2 Å². The summed E-state index contributed by atoms with van der Waals surface area (Å²) in [5, 5.41) is 3.07. The molecule has 0 aliphatic heterocycles. The summed E-state index contributed by atoms with van der Waals surface area (Å²) in [4.78, 5) is 3.84. The zero-order valence-corrected chi connectivity index (χ0v) is 16.5. The molecule has 2 nitrogen and oxygen atoms in total. The maximum Gasteiger partial charge on any atom is 0.248 e. The lowest BCUT2D eigenvalue weighted by Crippen LogP contribution is -2.37. The van der Waals surface area contributed by atoms with E-state index in [1.54, 1.807) is 38.5 Å². The van der Waals surface area contributed by atoms with Crippen molar-refractivity contribution in [1.82, 2.24) is 5.32 Å². The monoisotopic (exact) mass is 378 g/mol. The van der Waals surface area contributed by atoms with Crippen molar-refractivity contribution >= 4 is 12.3 Å². The molecule has 0 spiro atoms. The molecule has 1 aromatic rings. The van der Waals surface area contributed by atoms with E-state index in [-0.39, 0.29) is 30.5 Å². The summed E-state index contributed by atoms with van der Waals surface area (Å²) in [6.45, 7) is 3.81. The van der Waals surface area contributed by atoms with Crippen molar-refractivity contribution in [3.8, 4) is 0 Å². The van der Waals surface area contributed by atoms with Crippen molar-refractivity contribution in [1.29, 1.82) is 0 Å². The first-order valence-corrected chi connectivity index (χ1v) is 9.41. The fourth-order valence-corrected chi connectivity index (χ4v) is 3.95. The van der Waals surface area contributed by atoms with Crippen LogP contribution in [0.25, 0.3) is 6.08 Å². The molecule has 2 unspecified atom stereocenters. The van der Waals surface area contributed by atoms with Crippen molar-refractivity contribution in [3.63, 3.8) is 0 Å². The second-order valence-electron chi connectivity index (χ2n) is 7.23. The zero-order chi connectivity index (χ0) is 20.0. The van der Waals surface area contributed by atoms with Gasteiger partial charge in [-0.2, -0.15) is 0 Å². The Morgan fingerprint density at radius 2 is 2.11 bits per heavy atom. The average molecular weight is 378 g/mol. The Morgan fingerprint density at radius 1 is 1.37 bits per heavy atom. The topological polar surface area (TPSA) is 24.4 Å². The number of aryl methyl sites for hydroxylation is 1. The van der Waals surface area contributed by atoms with Crippen LogP contribution in [0.3, 0.4) is 0 Å². The highest BCUT2D eigenvalue weighted by molar-refractivity contribution is 5.78. The van der Waals surface area contributed by atoms with Gasteiger partial charge in [0.1, 0.15) is 5.82 Å². The third-order valence-electron chi connectivity index (χ3n) is 5.42. The van der Waals surface area contributed by atoms with E-state index in [9.17, 15) is 13.2 Å². The summed E-state index contributed by atoms with van der Waals surface area (Å²) in [7, 11) is 3.42. The highest BCUT2D eigenvalue weighted by atomic mass is 19.3. The largest absolute Gasteiger partial charge is 0.391 e. The van der Waals surface area contributed by atoms with Gasteiger partial charge in [-0.15, -0.1) is 0 Å². The summed E-state index contributed by atoms with van der Waals surface area (Å²) in [5.74, 6) is -3.11. The Morgan fingerprint density at radius 3 is 2.74 bits per heavy atom. The van der Waals surface area contributed by atoms with Crippen LogP contribution in [0.5, 0.6) is 0 Å². The van der Waals surface area contributed by atoms with Crippen LogP contribution in [0.4, 0.5) is 13.2 Å². The Balaban J connectivity index is 2.27.